The minimum atomic E-state index is -0.812. The molecule has 0 aliphatic carbocycles. The van der Waals surface area contributed by atoms with Crippen molar-refractivity contribution in [1.82, 2.24) is 4.90 Å². The van der Waals surface area contributed by atoms with Gasteiger partial charge in [0.15, 0.2) is 6.61 Å². The minimum absolute atomic E-state index is 0.0129. The van der Waals surface area contributed by atoms with Crippen molar-refractivity contribution >= 4 is 17.6 Å². The largest absolute Gasteiger partial charge is 0.484 e. The molecule has 0 spiro atoms. The van der Waals surface area contributed by atoms with E-state index in [9.17, 15) is 9.59 Å². The van der Waals surface area contributed by atoms with E-state index in [2.05, 4.69) is 36.1 Å². The summed E-state index contributed by atoms with van der Waals surface area (Å²) in [4.78, 5) is 27.2. The molecule has 1 amide bonds. The van der Waals surface area contributed by atoms with Gasteiger partial charge >= 0.3 is 5.97 Å². The monoisotopic (exact) mass is 414 g/mol. The maximum Gasteiger partial charge on any atom is 0.303 e. The molecule has 1 fully saturated rings. The highest BCUT2D eigenvalue weighted by atomic mass is 16.5. The van der Waals surface area contributed by atoms with Crippen LogP contribution in [0.5, 0.6) is 5.75 Å². The lowest BCUT2D eigenvalue weighted by molar-refractivity contribution is -0.137. The Labute approximate surface area is 177 Å². The fraction of sp³-hybridized carbons (Fsp3) is 0.391. The van der Waals surface area contributed by atoms with Crippen LogP contribution in [0.1, 0.15) is 17.5 Å². The molecule has 2 aromatic carbocycles. The molecule has 162 valence electrons. The lowest BCUT2D eigenvalue weighted by atomic mass is 10.1. The highest BCUT2D eigenvalue weighted by molar-refractivity contribution is 5.78. The molecule has 0 unspecified atom stereocenters. The highest BCUT2D eigenvalue weighted by Gasteiger charge is 2.21. The third kappa shape index (κ3) is 7.08. The lowest BCUT2D eigenvalue weighted by Crippen LogP contribution is -2.50. The van der Waals surface area contributed by atoms with Gasteiger partial charge in [0.05, 0.1) is 0 Å². The van der Waals surface area contributed by atoms with E-state index in [0.717, 1.165) is 25.8 Å². The predicted octanol–water partition coefficient (Wildman–Crippen LogP) is 2.35. The number of aliphatic hydroxyl groups excluding tert-OH is 1. The van der Waals surface area contributed by atoms with Crippen molar-refractivity contribution in [3.63, 3.8) is 0 Å². The first-order valence-corrected chi connectivity index (χ1v) is 9.99. The Morgan fingerprint density at radius 3 is 2.10 bits per heavy atom. The molecule has 2 aromatic rings. The van der Waals surface area contributed by atoms with Crippen LogP contribution in [0.4, 0.5) is 5.69 Å². The van der Waals surface area contributed by atoms with Crippen molar-refractivity contribution in [1.29, 1.82) is 0 Å². The van der Waals surface area contributed by atoms with Crippen molar-refractivity contribution < 1.29 is 24.5 Å². The van der Waals surface area contributed by atoms with Crippen molar-refractivity contribution in [3.05, 3.63) is 59.7 Å². The number of aliphatic hydroxyl groups is 1. The number of aryl methyl sites for hydroxylation is 2. The Morgan fingerprint density at radius 1 is 0.933 bits per heavy atom. The minimum Gasteiger partial charge on any atom is -0.484 e. The Bertz CT molecular complexity index is 797. The van der Waals surface area contributed by atoms with Crippen LogP contribution in [0.15, 0.2) is 48.5 Å². The van der Waals surface area contributed by atoms with E-state index in [1.54, 1.807) is 12.1 Å². The molecule has 0 bridgehead atoms. The van der Waals surface area contributed by atoms with Crippen molar-refractivity contribution in [2.75, 3.05) is 44.8 Å². The molecule has 2 N–H and O–H groups in total. The van der Waals surface area contributed by atoms with Gasteiger partial charge < -0.3 is 24.7 Å². The number of piperazine rings is 1. The summed E-state index contributed by atoms with van der Waals surface area (Å²) in [5.41, 5.74) is 3.37. The van der Waals surface area contributed by atoms with E-state index < -0.39 is 5.97 Å². The van der Waals surface area contributed by atoms with Crippen LogP contribution in [0.25, 0.3) is 0 Å². The maximum absolute atomic E-state index is 12.4. The summed E-state index contributed by atoms with van der Waals surface area (Å²) in [6.45, 7) is 5.08. The Kier molecular flexibility index (Phi) is 9.15. The third-order valence-electron chi connectivity index (χ3n) is 4.94. The standard InChI is InChI=1S/C22H26N2O4.CH4O/c1-17-2-7-19(8-3-17)23-12-14-24(15-13-23)21(25)16-28-20-9-4-18(5-10-20)6-11-22(26)27;1-2/h2-5,7-10H,6,11-16H2,1H3,(H,26,27);2H,1H3. The number of ether oxygens (including phenoxy) is 1. The van der Waals surface area contributed by atoms with Crippen LogP contribution in [0.2, 0.25) is 0 Å². The number of carboxylic acid groups (broad SMARTS) is 1. The van der Waals surface area contributed by atoms with Crippen LogP contribution in [0, 0.1) is 6.92 Å². The van der Waals surface area contributed by atoms with Gasteiger partial charge in [-0.1, -0.05) is 29.8 Å². The second-order valence-corrected chi connectivity index (χ2v) is 7.03. The summed E-state index contributed by atoms with van der Waals surface area (Å²) in [5, 5.41) is 15.7. The number of nitrogens with zero attached hydrogens (tertiary/aromatic N) is 2. The Balaban J connectivity index is 0.00000155. The summed E-state index contributed by atoms with van der Waals surface area (Å²) in [7, 11) is 1.00. The number of rotatable bonds is 7. The molecule has 1 aliphatic heterocycles. The fourth-order valence-corrected chi connectivity index (χ4v) is 3.21. The number of carbonyl (C=O) groups is 2. The Hall–Kier alpha value is -3.06. The zero-order chi connectivity index (χ0) is 21.9. The fourth-order valence-electron chi connectivity index (χ4n) is 3.21. The van der Waals surface area contributed by atoms with Crippen LogP contribution >= 0.6 is 0 Å². The number of amides is 1. The SMILES string of the molecule is CO.Cc1ccc(N2CCN(C(=O)COc3ccc(CCC(=O)O)cc3)CC2)cc1. The number of hydrogen-bond acceptors (Lipinski definition) is 5. The summed E-state index contributed by atoms with van der Waals surface area (Å²) in [5.74, 6) is -0.211. The lowest BCUT2D eigenvalue weighted by Gasteiger charge is -2.36. The molecule has 7 nitrogen and oxygen atoms in total. The summed E-state index contributed by atoms with van der Waals surface area (Å²) in [6, 6.07) is 15.7. The topological polar surface area (TPSA) is 90.3 Å². The van der Waals surface area contributed by atoms with Gasteiger partial charge in [-0.25, -0.2) is 0 Å². The van der Waals surface area contributed by atoms with Gasteiger partial charge in [-0.2, -0.15) is 0 Å². The van der Waals surface area contributed by atoms with Gasteiger partial charge in [0.1, 0.15) is 5.75 Å². The van der Waals surface area contributed by atoms with Gasteiger partial charge in [-0.15, -0.1) is 0 Å². The van der Waals surface area contributed by atoms with Crippen LogP contribution in [-0.2, 0) is 16.0 Å². The second kappa shape index (κ2) is 11.8. The molecular formula is C23H30N2O5. The van der Waals surface area contributed by atoms with E-state index in [-0.39, 0.29) is 18.9 Å². The normalized spacial score (nSPS) is 13.3. The van der Waals surface area contributed by atoms with E-state index in [1.807, 2.05) is 17.0 Å². The number of hydrogen-bond donors (Lipinski definition) is 2. The van der Waals surface area contributed by atoms with Gasteiger partial charge in [-0.3, -0.25) is 9.59 Å². The van der Waals surface area contributed by atoms with E-state index in [1.165, 1.54) is 11.3 Å². The molecule has 0 aromatic heterocycles. The molecule has 0 radical (unpaired) electrons. The van der Waals surface area contributed by atoms with Gasteiger partial charge in [0.2, 0.25) is 0 Å². The van der Waals surface area contributed by atoms with Crippen molar-refractivity contribution in [3.8, 4) is 5.75 Å². The average molecular weight is 415 g/mol. The molecule has 1 saturated heterocycles. The average Bonchev–Trinajstić information content (AvgIpc) is 2.79. The summed E-state index contributed by atoms with van der Waals surface area (Å²) >= 11 is 0. The van der Waals surface area contributed by atoms with E-state index >= 15 is 0 Å². The predicted molar refractivity (Wildman–Crippen MR) is 116 cm³/mol. The molecule has 0 atom stereocenters. The first-order valence-electron chi connectivity index (χ1n) is 9.99. The molecule has 30 heavy (non-hydrogen) atoms. The molecule has 0 saturated carbocycles. The smallest absolute Gasteiger partial charge is 0.303 e. The number of carboxylic acids is 1. The highest BCUT2D eigenvalue weighted by Crippen LogP contribution is 2.18. The number of benzene rings is 2. The molecule has 7 heteroatoms. The van der Waals surface area contributed by atoms with Crippen molar-refractivity contribution in [2.24, 2.45) is 0 Å². The Morgan fingerprint density at radius 2 is 1.53 bits per heavy atom. The van der Waals surface area contributed by atoms with Gasteiger partial charge in [0.25, 0.3) is 5.91 Å². The zero-order valence-corrected chi connectivity index (χ0v) is 17.6. The van der Waals surface area contributed by atoms with Crippen molar-refractivity contribution in [2.45, 2.75) is 19.8 Å². The van der Waals surface area contributed by atoms with Gasteiger partial charge in [-0.05, 0) is 43.2 Å². The van der Waals surface area contributed by atoms with E-state index in [4.69, 9.17) is 14.9 Å². The van der Waals surface area contributed by atoms with Crippen LogP contribution in [-0.4, -0.2) is 66.9 Å². The number of carbonyl (C=O) groups excluding carboxylic acids is 1. The van der Waals surface area contributed by atoms with Crippen LogP contribution < -0.4 is 9.64 Å². The van der Waals surface area contributed by atoms with Gasteiger partial charge in [0, 0.05) is 45.4 Å². The summed E-state index contributed by atoms with van der Waals surface area (Å²) in [6.07, 6.45) is 0.590. The van der Waals surface area contributed by atoms with E-state index in [0.29, 0.717) is 25.3 Å². The second-order valence-electron chi connectivity index (χ2n) is 7.03. The zero-order valence-electron chi connectivity index (χ0n) is 17.6. The number of anilines is 1. The quantitative estimate of drug-likeness (QED) is 0.723. The molecule has 3 rings (SSSR count). The molecular weight excluding hydrogens is 384 g/mol. The number of aliphatic carboxylic acids is 1. The third-order valence-corrected chi connectivity index (χ3v) is 4.94. The summed E-state index contributed by atoms with van der Waals surface area (Å²) < 4.78 is 5.61. The maximum atomic E-state index is 12.4. The first kappa shape index (κ1) is 23.2. The van der Waals surface area contributed by atoms with Crippen LogP contribution in [0.3, 0.4) is 0 Å². The molecule has 1 aliphatic rings. The first-order chi connectivity index (χ1) is 14.5. The molecule has 1 heterocycles.